The summed E-state index contributed by atoms with van der Waals surface area (Å²) in [7, 11) is 1.29. The number of carbonyl (C=O) groups is 2. The zero-order chi connectivity index (χ0) is 21.1. The number of hydrogen-bond acceptors (Lipinski definition) is 3. The number of alkyl halides is 3. The van der Waals surface area contributed by atoms with Crippen molar-refractivity contribution in [3.8, 4) is 0 Å². The van der Waals surface area contributed by atoms with Crippen LogP contribution in [-0.2, 0) is 22.3 Å². The fourth-order valence-corrected chi connectivity index (χ4v) is 2.52. The summed E-state index contributed by atoms with van der Waals surface area (Å²) in [4.78, 5) is 37.1. The van der Waals surface area contributed by atoms with Crippen LogP contribution in [0.1, 0.15) is 5.56 Å². The van der Waals surface area contributed by atoms with Crippen LogP contribution in [0.3, 0.4) is 0 Å². The molecule has 0 bridgehead atoms. The highest BCUT2D eigenvalue weighted by Crippen LogP contribution is 2.26. The lowest BCUT2D eigenvalue weighted by Crippen LogP contribution is -2.39. The van der Waals surface area contributed by atoms with Crippen molar-refractivity contribution in [3.63, 3.8) is 0 Å². The Kier molecular flexibility index (Phi) is 6.73. The third-order valence-corrected chi connectivity index (χ3v) is 4.38. The number of amides is 2. The first-order valence-electron chi connectivity index (χ1n) is 7.74. The number of aromatic nitrogens is 1. The second-order valence-electron chi connectivity index (χ2n) is 5.78. The molecule has 2 amide bonds. The Morgan fingerprint density at radius 1 is 1.18 bits per heavy atom. The van der Waals surface area contributed by atoms with Crippen LogP contribution >= 0.6 is 23.2 Å². The molecule has 0 unspecified atom stereocenters. The van der Waals surface area contributed by atoms with Crippen molar-refractivity contribution in [1.82, 2.24) is 9.47 Å². The largest absolute Gasteiger partial charge is 0.421 e. The van der Waals surface area contributed by atoms with Gasteiger partial charge in [0.1, 0.15) is 12.1 Å². The van der Waals surface area contributed by atoms with Crippen LogP contribution < -0.4 is 10.9 Å². The lowest BCUT2D eigenvalue weighted by molar-refractivity contribution is -0.139. The minimum absolute atomic E-state index is 0.229. The number of halogens is 5. The van der Waals surface area contributed by atoms with Crippen molar-refractivity contribution in [3.05, 3.63) is 62.5 Å². The molecule has 0 aliphatic carbocycles. The molecule has 0 saturated heterocycles. The van der Waals surface area contributed by atoms with Crippen LogP contribution in [0.25, 0.3) is 0 Å². The maximum absolute atomic E-state index is 12.8. The number of likely N-dealkylation sites (N-methyl/N-ethyl adjacent to an activating group) is 1. The summed E-state index contributed by atoms with van der Waals surface area (Å²) in [5.41, 5.74) is -2.35. The van der Waals surface area contributed by atoms with Gasteiger partial charge in [0.25, 0.3) is 5.56 Å². The van der Waals surface area contributed by atoms with Gasteiger partial charge in [0.05, 0.1) is 16.6 Å². The molecule has 1 aromatic heterocycles. The molecule has 0 aliphatic heterocycles. The number of carbonyl (C=O) groups excluding carboxylic acids is 2. The van der Waals surface area contributed by atoms with Crippen molar-refractivity contribution >= 4 is 40.7 Å². The van der Waals surface area contributed by atoms with E-state index in [2.05, 4.69) is 5.32 Å². The van der Waals surface area contributed by atoms with E-state index in [1.165, 1.54) is 25.2 Å². The van der Waals surface area contributed by atoms with Crippen molar-refractivity contribution in [2.45, 2.75) is 12.7 Å². The quantitative estimate of drug-likeness (QED) is 0.783. The zero-order valence-corrected chi connectivity index (χ0v) is 15.9. The van der Waals surface area contributed by atoms with E-state index in [0.717, 1.165) is 17.2 Å². The van der Waals surface area contributed by atoms with Crippen molar-refractivity contribution < 1.29 is 22.8 Å². The molecular formula is C17H14Cl2F3N3O3. The average Bonchev–Trinajstić information content (AvgIpc) is 2.58. The standard InChI is InChI=1S/C17H14Cl2F3N3O3/c1-24(8-14(26)23-10-4-5-12(18)13(19)7-10)15(27)9-25-6-2-3-11(16(25)28)17(20,21)22/h2-7H,8-9H2,1H3,(H,23,26). The lowest BCUT2D eigenvalue weighted by Gasteiger charge is -2.18. The first kappa shape index (κ1) is 21.8. The summed E-state index contributed by atoms with van der Waals surface area (Å²) in [6.07, 6.45) is -3.76. The van der Waals surface area contributed by atoms with E-state index in [1.807, 2.05) is 0 Å². The molecule has 2 rings (SSSR count). The molecule has 0 radical (unpaired) electrons. The van der Waals surface area contributed by atoms with E-state index in [4.69, 9.17) is 23.2 Å². The van der Waals surface area contributed by atoms with Crippen molar-refractivity contribution in [2.24, 2.45) is 0 Å². The molecule has 0 atom stereocenters. The second kappa shape index (κ2) is 8.66. The molecule has 1 heterocycles. The molecule has 0 aliphatic rings. The van der Waals surface area contributed by atoms with Gasteiger partial charge in [-0.2, -0.15) is 13.2 Å². The minimum atomic E-state index is -4.82. The molecule has 28 heavy (non-hydrogen) atoms. The fourth-order valence-electron chi connectivity index (χ4n) is 2.22. The first-order valence-corrected chi connectivity index (χ1v) is 8.50. The highest BCUT2D eigenvalue weighted by atomic mass is 35.5. The average molecular weight is 436 g/mol. The topological polar surface area (TPSA) is 71.4 Å². The van der Waals surface area contributed by atoms with Crippen LogP contribution in [0.4, 0.5) is 18.9 Å². The van der Waals surface area contributed by atoms with Gasteiger partial charge in [-0.05, 0) is 30.3 Å². The number of nitrogens with one attached hydrogen (secondary N) is 1. The Balaban J connectivity index is 2.02. The van der Waals surface area contributed by atoms with Gasteiger partial charge in [0.2, 0.25) is 11.8 Å². The molecule has 1 aromatic carbocycles. The summed E-state index contributed by atoms with van der Waals surface area (Å²) in [5, 5.41) is 3.04. The molecule has 11 heteroatoms. The maximum Gasteiger partial charge on any atom is 0.421 e. The van der Waals surface area contributed by atoms with Gasteiger partial charge in [0.15, 0.2) is 0 Å². The Morgan fingerprint density at radius 3 is 2.46 bits per heavy atom. The number of anilines is 1. The third kappa shape index (κ3) is 5.49. The molecule has 150 valence electrons. The number of benzene rings is 1. The predicted octanol–water partition coefficient (Wildman–Crippen LogP) is 3.27. The van der Waals surface area contributed by atoms with Crippen LogP contribution in [0.2, 0.25) is 10.0 Å². The molecule has 2 aromatic rings. The van der Waals surface area contributed by atoms with Crippen LogP contribution in [0.5, 0.6) is 0 Å². The first-order chi connectivity index (χ1) is 13.0. The monoisotopic (exact) mass is 435 g/mol. The molecular weight excluding hydrogens is 422 g/mol. The summed E-state index contributed by atoms with van der Waals surface area (Å²) in [6, 6.07) is 6.07. The zero-order valence-electron chi connectivity index (χ0n) is 14.4. The summed E-state index contributed by atoms with van der Waals surface area (Å²) >= 11 is 11.6. The molecule has 6 nitrogen and oxygen atoms in total. The summed E-state index contributed by atoms with van der Waals surface area (Å²) in [5.74, 6) is -1.28. The Morgan fingerprint density at radius 2 is 1.86 bits per heavy atom. The van der Waals surface area contributed by atoms with Gasteiger partial charge in [-0.25, -0.2) is 0 Å². The lowest BCUT2D eigenvalue weighted by atomic mass is 10.2. The Bertz CT molecular complexity index is 961. The number of rotatable bonds is 5. The van der Waals surface area contributed by atoms with E-state index in [-0.39, 0.29) is 11.6 Å². The SMILES string of the molecule is CN(CC(=O)Nc1ccc(Cl)c(Cl)c1)C(=O)Cn1cccc(C(F)(F)F)c1=O. The third-order valence-electron chi connectivity index (χ3n) is 3.64. The van der Waals surface area contributed by atoms with Gasteiger partial charge < -0.3 is 14.8 Å². The maximum atomic E-state index is 12.8. The number of pyridine rings is 1. The predicted molar refractivity (Wildman–Crippen MR) is 98.4 cm³/mol. The smallest absolute Gasteiger partial charge is 0.335 e. The van der Waals surface area contributed by atoms with Gasteiger partial charge >= 0.3 is 6.18 Å². The molecule has 1 N–H and O–H groups in total. The number of hydrogen-bond donors (Lipinski definition) is 1. The van der Waals surface area contributed by atoms with E-state index in [9.17, 15) is 27.6 Å². The normalized spacial score (nSPS) is 11.2. The van der Waals surface area contributed by atoms with E-state index in [1.54, 1.807) is 0 Å². The van der Waals surface area contributed by atoms with Gasteiger partial charge in [0, 0.05) is 18.9 Å². The van der Waals surface area contributed by atoms with Crippen LogP contribution in [0, 0.1) is 0 Å². The van der Waals surface area contributed by atoms with Gasteiger partial charge in [-0.1, -0.05) is 23.2 Å². The van der Waals surface area contributed by atoms with E-state index in [0.29, 0.717) is 21.3 Å². The van der Waals surface area contributed by atoms with Gasteiger partial charge in [-0.15, -0.1) is 0 Å². The minimum Gasteiger partial charge on any atom is -0.335 e. The molecule has 0 fully saturated rings. The fraction of sp³-hybridized carbons (Fsp3) is 0.235. The summed E-state index contributed by atoms with van der Waals surface area (Å²) in [6.45, 7) is -1.02. The van der Waals surface area contributed by atoms with E-state index < -0.39 is 35.7 Å². The van der Waals surface area contributed by atoms with Crippen molar-refractivity contribution in [2.75, 3.05) is 18.9 Å². The highest BCUT2D eigenvalue weighted by molar-refractivity contribution is 6.42. The number of nitrogens with zero attached hydrogens (tertiary/aromatic N) is 2. The highest BCUT2D eigenvalue weighted by Gasteiger charge is 2.34. The van der Waals surface area contributed by atoms with Crippen LogP contribution in [0.15, 0.2) is 41.3 Å². The molecule has 0 spiro atoms. The van der Waals surface area contributed by atoms with Gasteiger partial charge in [-0.3, -0.25) is 14.4 Å². The Hall–Kier alpha value is -2.52. The summed E-state index contributed by atoms with van der Waals surface area (Å²) < 4.78 is 39.0. The van der Waals surface area contributed by atoms with Crippen LogP contribution in [-0.4, -0.2) is 34.9 Å². The van der Waals surface area contributed by atoms with E-state index >= 15 is 0 Å². The Labute approximate surface area is 167 Å². The second-order valence-corrected chi connectivity index (χ2v) is 6.59. The van der Waals surface area contributed by atoms with Crippen molar-refractivity contribution in [1.29, 1.82) is 0 Å². The molecule has 0 saturated carbocycles.